The smallest absolute Gasteiger partial charge is 0.250 e. The van der Waals surface area contributed by atoms with E-state index in [1.165, 1.54) is 17.8 Å². The van der Waals surface area contributed by atoms with Gasteiger partial charge in [0.05, 0.1) is 16.4 Å². The predicted octanol–water partition coefficient (Wildman–Crippen LogP) is 4.44. The lowest BCUT2D eigenvalue weighted by molar-refractivity contribution is -0.126. The average molecular weight is 367 g/mol. The van der Waals surface area contributed by atoms with Crippen LogP contribution >= 0.6 is 35.0 Å². The van der Waals surface area contributed by atoms with Crippen LogP contribution in [0.25, 0.3) is 0 Å². The molecule has 2 aromatic rings. The summed E-state index contributed by atoms with van der Waals surface area (Å²) < 4.78 is -1.29. The Balaban J connectivity index is 1.88. The summed E-state index contributed by atoms with van der Waals surface area (Å²) in [6.45, 7) is 1.59. The van der Waals surface area contributed by atoms with Crippen LogP contribution < -0.4 is 10.6 Å². The first-order valence-corrected chi connectivity index (χ1v) is 8.33. The summed E-state index contributed by atoms with van der Waals surface area (Å²) >= 11 is 13.1. The lowest BCUT2D eigenvalue weighted by Crippen LogP contribution is -2.49. The Bertz CT molecular complexity index is 812. The molecule has 2 aromatic carbocycles. The highest BCUT2D eigenvalue weighted by Crippen LogP contribution is 2.43. The van der Waals surface area contributed by atoms with E-state index in [0.29, 0.717) is 21.4 Å². The molecule has 0 spiro atoms. The molecule has 23 heavy (non-hydrogen) atoms. The van der Waals surface area contributed by atoms with Crippen LogP contribution in [0.4, 0.5) is 11.4 Å². The zero-order valence-electron chi connectivity index (χ0n) is 12.0. The number of hydrogen-bond acceptors (Lipinski definition) is 3. The van der Waals surface area contributed by atoms with E-state index in [9.17, 15) is 9.59 Å². The van der Waals surface area contributed by atoms with E-state index in [1.807, 2.05) is 18.2 Å². The number of rotatable bonds is 2. The summed E-state index contributed by atoms with van der Waals surface area (Å²) in [5.74, 6) is -0.817. The van der Waals surface area contributed by atoms with Crippen LogP contribution in [0.15, 0.2) is 47.4 Å². The maximum absolute atomic E-state index is 12.7. The molecular formula is C16H12Cl2N2O2S. The zero-order chi connectivity index (χ0) is 16.6. The third-order valence-corrected chi connectivity index (χ3v) is 5.40. The molecule has 0 radical (unpaired) electrons. The van der Waals surface area contributed by atoms with E-state index in [2.05, 4.69) is 10.6 Å². The van der Waals surface area contributed by atoms with Crippen molar-refractivity contribution in [2.75, 3.05) is 10.6 Å². The van der Waals surface area contributed by atoms with E-state index >= 15 is 0 Å². The van der Waals surface area contributed by atoms with Gasteiger partial charge in [-0.25, -0.2) is 0 Å². The standard InChI is InChI=1S/C16H12Cl2N2O2S/c1-16(14(21)19-11-7-6-9(17)8-10(11)18)15(22)20-12-4-2-3-5-13(12)23-16/h2-8H,1H3,(H,19,21)(H,20,22). The molecule has 3 rings (SSSR count). The number of halogens is 2. The molecule has 118 valence electrons. The Labute approximate surface area is 147 Å². The largest absolute Gasteiger partial charge is 0.323 e. The maximum atomic E-state index is 12.7. The van der Waals surface area contributed by atoms with Crippen LogP contribution in [0.1, 0.15) is 6.92 Å². The lowest BCUT2D eigenvalue weighted by Gasteiger charge is -2.31. The quantitative estimate of drug-likeness (QED) is 0.772. The molecule has 0 saturated carbocycles. The van der Waals surface area contributed by atoms with Crippen molar-refractivity contribution in [3.8, 4) is 0 Å². The summed E-state index contributed by atoms with van der Waals surface area (Å²) in [4.78, 5) is 25.9. The molecule has 0 fully saturated rings. The molecule has 0 bridgehead atoms. The molecule has 7 heteroatoms. The highest BCUT2D eigenvalue weighted by atomic mass is 35.5. The number of fused-ring (bicyclic) bond motifs is 1. The second-order valence-corrected chi connectivity index (χ2v) is 7.47. The van der Waals surface area contributed by atoms with E-state index < -0.39 is 10.7 Å². The molecule has 0 aromatic heterocycles. The number of para-hydroxylation sites is 1. The van der Waals surface area contributed by atoms with Gasteiger partial charge in [-0.15, -0.1) is 0 Å². The lowest BCUT2D eigenvalue weighted by atomic mass is 10.1. The molecular weight excluding hydrogens is 355 g/mol. The van der Waals surface area contributed by atoms with Gasteiger partial charge in [-0.05, 0) is 37.3 Å². The molecule has 1 atom stereocenters. The van der Waals surface area contributed by atoms with Crippen molar-refractivity contribution < 1.29 is 9.59 Å². The maximum Gasteiger partial charge on any atom is 0.250 e. The third-order valence-electron chi connectivity index (χ3n) is 3.50. The number of hydrogen-bond donors (Lipinski definition) is 2. The fraction of sp³-hybridized carbons (Fsp3) is 0.125. The summed E-state index contributed by atoms with van der Waals surface area (Å²) in [5.41, 5.74) is 1.12. The first kappa shape index (κ1) is 16.2. The van der Waals surface area contributed by atoms with E-state index in [1.54, 1.807) is 25.1 Å². The van der Waals surface area contributed by atoms with Crippen LogP contribution in [-0.2, 0) is 9.59 Å². The molecule has 1 aliphatic rings. The van der Waals surface area contributed by atoms with Crippen molar-refractivity contribution >= 4 is 58.2 Å². The van der Waals surface area contributed by atoms with Gasteiger partial charge in [0.25, 0.3) is 0 Å². The summed E-state index contributed by atoms with van der Waals surface area (Å²) in [6.07, 6.45) is 0. The predicted molar refractivity (Wildman–Crippen MR) is 94.4 cm³/mol. The number of nitrogens with one attached hydrogen (secondary N) is 2. The number of benzene rings is 2. The normalized spacial score (nSPS) is 19.7. The van der Waals surface area contributed by atoms with E-state index in [4.69, 9.17) is 23.2 Å². The fourth-order valence-corrected chi connectivity index (χ4v) is 3.71. The Hall–Kier alpha value is -1.69. The minimum atomic E-state index is -1.29. The second-order valence-electron chi connectivity index (χ2n) is 5.16. The third kappa shape index (κ3) is 3.04. The summed E-state index contributed by atoms with van der Waals surface area (Å²) in [5, 5.41) is 6.25. The van der Waals surface area contributed by atoms with Crippen LogP contribution in [0, 0.1) is 0 Å². The van der Waals surface area contributed by atoms with Gasteiger partial charge < -0.3 is 10.6 Å². The van der Waals surface area contributed by atoms with Gasteiger partial charge in [0, 0.05) is 9.92 Å². The Morgan fingerprint density at radius 1 is 1.22 bits per heavy atom. The highest BCUT2D eigenvalue weighted by Gasteiger charge is 2.45. The van der Waals surface area contributed by atoms with E-state index in [-0.39, 0.29) is 5.91 Å². The summed E-state index contributed by atoms with van der Waals surface area (Å²) in [6, 6.07) is 12.1. The van der Waals surface area contributed by atoms with Crippen LogP contribution in [0.3, 0.4) is 0 Å². The molecule has 4 nitrogen and oxygen atoms in total. The van der Waals surface area contributed by atoms with Crippen molar-refractivity contribution in [2.45, 2.75) is 16.6 Å². The number of anilines is 2. The zero-order valence-corrected chi connectivity index (χ0v) is 14.4. The number of carbonyl (C=O) groups is 2. The van der Waals surface area contributed by atoms with Gasteiger partial charge in [-0.3, -0.25) is 9.59 Å². The molecule has 2 N–H and O–H groups in total. The molecule has 2 amide bonds. The average Bonchev–Trinajstić information content (AvgIpc) is 2.51. The Morgan fingerprint density at radius 2 is 1.96 bits per heavy atom. The van der Waals surface area contributed by atoms with Crippen molar-refractivity contribution in [3.05, 3.63) is 52.5 Å². The Kier molecular flexibility index (Phi) is 4.27. The van der Waals surface area contributed by atoms with Gasteiger partial charge in [-0.1, -0.05) is 47.1 Å². The molecule has 1 unspecified atom stereocenters. The first-order chi connectivity index (χ1) is 10.9. The van der Waals surface area contributed by atoms with Gasteiger partial charge in [0.1, 0.15) is 0 Å². The monoisotopic (exact) mass is 366 g/mol. The Morgan fingerprint density at radius 3 is 2.70 bits per heavy atom. The van der Waals surface area contributed by atoms with Crippen molar-refractivity contribution in [1.29, 1.82) is 0 Å². The van der Waals surface area contributed by atoms with Crippen LogP contribution in [-0.4, -0.2) is 16.6 Å². The van der Waals surface area contributed by atoms with Crippen molar-refractivity contribution in [1.82, 2.24) is 0 Å². The minimum Gasteiger partial charge on any atom is -0.323 e. The van der Waals surface area contributed by atoms with Gasteiger partial charge >= 0.3 is 0 Å². The molecule has 0 saturated heterocycles. The second kappa shape index (κ2) is 6.07. The van der Waals surface area contributed by atoms with Crippen LogP contribution in [0.2, 0.25) is 10.0 Å². The van der Waals surface area contributed by atoms with Crippen molar-refractivity contribution in [3.63, 3.8) is 0 Å². The topological polar surface area (TPSA) is 58.2 Å². The number of amides is 2. The number of thioether (sulfide) groups is 1. The summed E-state index contributed by atoms with van der Waals surface area (Å²) in [7, 11) is 0. The fourth-order valence-electron chi connectivity index (χ4n) is 2.15. The molecule has 1 heterocycles. The number of carbonyl (C=O) groups excluding carboxylic acids is 2. The SMILES string of the molecule is CC1(C(=O)Nc2ccc(Cl)cc2Cl)Sc2ccccc2NC1=O. The van der Waals surface area contributed by atoms with E-state index in [0.717, 1.165) is 4.90 Å². The van der Waals surface area contributed by atoms with Gasteiger partial charge in [0.15, 0.2) is 4.75 Å². The van der Waals surface area contributed by atoms with Gasteiger partial charge in [0.2, 0.25) is 11.8 Å². The molecule has 0 aliphatic carbocycles. The highest BCUT2D eigenvalue weighted by molar-refractivity contribution is 8.02. The molecule has 1 aliphatic heterocycles. The minimum absolute atomic E-state index is 0.316. The van der Waals surface area contributed by atoms with Crippen LogP contribution in [0.5, 0.6) is 0 Å². The van der Waals surface area contributed by atoms with Gasteiger partial charge in [-0.2, -0.15) is 0 Å². The van der Waals surface area contributed by atoms with Crippen molar-refractivity contribution in [2.24, 2.45) is 0 Å². The first-order valence-electron chi connectivity index (χ1n) is 6.76.